The van der Waals surface area contributed by atoms with Crippen molar-refractivity contribution in [3.8, 4) is 0 Å². The van der Waals surface area contributed by atoms with Crippen molar-refractivity contribution in [2.45, 2.75) is 6.92 Å². The summed E-state index contributed by atoms with van der Waals surface area (Å²) in [5.74, 6) is -0.133. The van der Waals surface area contributed by atoms with Gasteiger partial charge in [-0.1, -0.05) is 0 Å². The van der Waals surface area contributed by atoms with Crippen LogP contribution in [-0.4, -0.2) is 22.5 Å². The summed E-state index contributed by atoms with van der Waals surface area (Å²) in [4.78, 5) is 38.2. The molecular formula is C13H13N3O4. The zero-order valence-electron chi connectivity index (χ0n) is 10.7. The molecule has 0 aliphatic carbocycles. The molecule has 1 aromatic heterocycles. The van der Waals surface area contributed by atoms with E-state index in [-0.39, 0.29) is 5.82 Å². The summed E-state index contributed by atoms with van der Waals surface area (Å²) in [5, 5.41) is 2.86. The first-order valence-electron chi connectivity index (χ1n) is 5.96. The van der Waals surface area contributed by atoms with Crippen LogP contribution in [0.3, 0.4) is 0 Å². The highest BCUT2D eigenvalue weighted by molar-refractivity contribution is 5.89. The maximum Gasteiger partial charge on any atom is 0.338 e. The fourth-order valence-corrected chi connectivity index (χ4v) is 1.60. The molecule has 0 fully saturated rings. The molecule has 0 bridgehead atoms. The van der Waals surface area contributed by atoms with Gasteiger partial charge in [-0.15, -0.1) is 0 Å². The number of carbonyl (C=O) groups is 1. The molecule has 0 atom stereocenters. The van der Waals surface area contributed by atoms with Crippen LogP contribution in [0.4, 0.5) is 11.5 Å². The number of ether oxygens (including phenoxy) is 1. The van der Waals surface area contributed by atoms with Crippen molar-refractivity contribution in [3.05, 3.63) is 56.7 Å². The van der Waals surface area contributed by atoms with Crippen LogP contribution in [0.15, 0.2) is 39.9 Å². The monoisotopic (exact) mass is 275 g/mol. The highest BCUT2D eigenvalue weighted by atomic mass is 16.5. The second-order valence-corrected chi connectivity index (χ2v) is 3.92. The predicted molar refractivity (Wildman–Crippen MR) is 73.4 cm³/mol. The fourth-order valence-electron chi connectivity index (χ4n) is 1.60. The normalized spacial score (nSPS) is 10.1. The average molecular weight is 275 g/mol. The number of hydrogen-bond donors (Lipinski definition) is 3. The summed E-state index contributed by atoms with van der Waals surface area (Å²) in [5.41, 5.74) is -0.0429. The third-order valence-electron chi connectivity index (χ3n) is 2.44. The van der Waals surface area contributed by atoms with Gasteiger partial charge in [0.05, 0.1) is 12.2 Å². The van der Waals surface area contributed by atoms with Gasteiger partial charge in [-0.25, -0.2) is 9.59 Å². The maximum atomic E-state index is 11.5. The van der Waals surface area contributed by atoms with Gasteiger partial charge in [0.25, 0.3) is 5.56 Å². The van der Waals surface area contributed by atoms with Gasteiger partial charge >= 0.3 is 11.7 Å². The van der Waals surface area contributed by atoms with Gasteiger partial charge in [0.2, 0.25) is 0 Å². The third-order valence-corrected chi connectivity index (χ3v) is 2.44. The Hall–Kier alpha value is -2.83. The molecule has 20 heavy (non-hydrogen) atoms. The summed E-state index contributed by atoms with van der Waals surface area (Å²) < 4.78 is 4.87. The van der Waals surface area contributed by atoms with Crippen LogP contribution in [0.1, 0.15) is 17.3 Å². The van der Waals surface area contributed by atoms with E-state index in [0.29, 0.717) is 17.9 Å². The zero-order chi connectivity index (χ0) is 14.5. The van der Waals surface area contributed by atoms with E-state index >= 15 is 0 Å². The molecule has 0 aliphatic rings. The van der Waals surface area contributed by atoms with E-state index in [9.17, 15) is 14.4 Å². The average Bonchev–Trinajstić information content (AvgIpc) is 2.38. The van der Waals surface area contributed by atoms with Crippen molar-refractivity contribution in [1.82, 2.24) is 9.97 Å². The number of nitrogens with one attached hydrogen (secondary N) is 3. The van der Waals surface area contributed by atoms with E-state index in [1.807, 2.05) is 0 Å². The molecule has 7 heteroatoms. The molecule has 7 nitrogen and oxygen atoms in total. The molecule has 0 spiro atoms. The number of aromatic amines is 2. The lowest BCUT2D eigenvalue weighted by Crippen LogP contribution is -2.22. The minimum Gasteiger partial charge on any atom is -0.462 e. The molecular weight excluding hydrogens is 262 g/mol. The first kappa shape index (κ1) is 13.6. The van der Waals surface area contributed by atoms with E-state index in [1.165, 1.54) is 6.07 Å². The van der Waals surface area contributed by atoms with E-state index in [0.717, 1.165) is 0 Å². The minimum absolute atomic E-state index is 0.266. The summed E-state index contributed by atoms with van der Waals surface area (Å²) in [6, 6.07) is 7.69. The lowest BCUT2D eigenvalue weighted by atomic mass is 10.2. The van der Waals surface area contributed by atoms with Crippen molar-refractivity contribution in [3.63, 3.8) is 0 Å². The standard InChI is InChI=1S/C13H13N3O4/c1-2-20-12(18)8-3-5-9(6-4-8)14-10-7-11(17)16-13(19)15-10/h3-7H,2H2,1H3,(H3,14,15,16,17,19). The number of rotatable bonds is 4. The van der Waals surface area contributed by atoms with E-state index in [4.69, 9.17) is 4.74 Å². The third kappa shape index (κ3) is 3.35. The molecule has 3 N–H and O–H groups in total. The fraction of sp³-hybridized carbons (Fsp3) is 0.154. The Morgan fingerprint density at radius 1 is 1.20 bits per heavy atom. The molecule has 2 rings (SSSR count). The first-order chi connectivity index (χ1) is 9.58. The van der Waals surface area contributed by atoms with Gasteiger partial charge in [0, 0.05) is 11.8 Å². The molecule has 0 amide bonds. The quantitative estimate of drug-likeness (QED) is 0.722. The Balaban J connectivity index is 2.16. The Labute approximate surface area is 113 Å². The molecule has 2 aromatic rings. The van der Waals surface area contributed by atoms with Crippen molar-refractivity contribution in [2.75, 3.05) is 11.9 Å². The lowest BCUT2D eigenvalue weighted by molar-refractivity contribution is 0.0526. The van der Waals surface area contributed by atoms with Gasteiger partial charge in [0.1, 0.15) is 5.82 Å². The molecule has 0 aliphatic heterocycles. The van der Waals surface area contributed by atoms with E-state index in [1.54, 1.807) is 31.2 Å². The molecule has 0 unspecified atom stereocenters. The number of hydrogen-bond acceptors (Lipinski definition) is 5. The van der Waals surface area contributed by atoms with Crippen LogP contribution in [-0.2, 0) is 4.74 Å². The van der Waals surface area contributed by atoms with Crippen LogP contribution in [0, 0.1) is 0 Å². The van der Waals surface area contributed by atoms with E-state index in [2.05, 4.69) is 15.3 Å². The predicted octanol–water partition coefficient (Wildman–Crippen LogP) is 0.983. The Kier molecular flexibility index (Phi) is 3.99. The molecule has 0 saturated carbocycles. The van der Waals surface area contributed by atoms with Gasteiger partial charge < -0.3 is 10.1 Å². The van der Waals surface area contributed by atoms with E-state index < -0.39 is 17.2 Å². The topological polar surface area (TPSA) is 104 Å². The lowest BCUT2D eigenvalue weighted by Gasteiger charge is -2.06. The molecule has 1 aromatic carbocycles. The number of H-pyrrole nitrogens is 2. The van der Waals surface area contributed by atoms with Crippen LogP contribution < -0.4 is 16.6 Å². The highest BCUT2D eigenvalue weighted by Crippen LogP contribution is 2.14. The largest absolute Gasteiger partial charge is 0.462 e. The van der Waals surface area contributed by atoms with Gasteiger partial charge in [-0.05, 0) is 31.2 Å². The van der Waals surface area contributed by atoms with Crippen molar-refractivity contribution >= 4 is 17.5 Å². The number of benzene rings is 1. The van der Waals surface area contributed by atoms with Crippen LogP contribution in [0.25, 0.3) is 0 Å². The number of anilines is 2. The van der Waals surface area contributed by atoms with Gasteiger partial charge in [-0.2, -0.15) is 0 Å². The van der Waals surface area contributed by atoms with Crippen molar-refractivity contribution in [1.29, 1.82) is 0 Å². The molecule has 104 valence electrons. The second-order valence-electron chi connectivity index (χ2n) is 3.92. The number of carbonyl (C=O) groups excluding carboxylic acids is 1. The SMILES string of the molecule is CCOC(=O)c1ccc(Nc2cc(=O)[nH]c(=O)[nH]2)cc1. The second kappa shape index (κ2) is 5.87. The Morgan fingerprint density at radius 3 is 2.50 bits per heavy atom. The first-order valence-corrected chi connectivity index (χ1v) is 5.96. The smallest absolute Gasteiger partial charge is 0.338 e. The Bertz CT molecular complexity index is 687. The van der Waals surface area contributed by atoms with Crippen molar-refractivity contribution in [2.24, 2.45) is 0 Å². The molecule has 0 radical (unpaired) electrons. The van der Waals surface area contributed by atoms with Crippen LogP contribution >= 0.6 is 0 Å². The summed E-state index contributed by atoms with van der Waals surface area (Å²) in [6.45, 7) is 2.05. The molecule has 1 heterocycles. The summed E-state index contributed by atoms with van der Waals surface area (Å²) in [6.07, 6.45) is 0. The Morgan fingerprint density at radius 2 is 1.90 bits per heavy atom. The minimum atomic E-state index is -0.594. The van der Waals surface area contributed by atoms with Gasteiger partial charge in [0.15, 0.2) is 0 Å². The van der Waals surface area contributed by atoms with Gasteiger partial charge in [-0.3, -0.25) is 14.8 Å². The number of esters is 1. The van der Waals surface area contributed by atoms with Crippen LogP contribution in [0.2, 0.25) is 0 Å². The highest BCUT2D eigenvalue weighted by Gasteiger charge is 2.05. The summed E-state index contributed by atoms with van der Waals surface area (Å²) >= 11 is 0. The number of aromatic nitrogens is 2. The maximum absolute atomic E-state index is 11.5. The molecule has 0 saturated heterocycles. The van der Waals surface area contributed by atoms with Crippen LogP contribution in [0.5, 0.6) is 0 Å². The zero-order valence-corrected chi connectivity index (χ0v) is 10.7. The summed E-state index contributed by atoms with van der Waals surface area (Å²) in [7, 11) is 0. The van der Waals surface area contributed by atoms with Crippen molar-refractivity contribution < 1.29 is 9.53 Å².